The Labute approximate surface area is 111 Å². The zero-order chi connectivity index (χ0) is 13.4. The molecule has 3 rings (SSSR count). The molecule has 0 saturated heterocycles. The van der Waals surface area contributed by atoms with Gasteiger partial charge in [-0.05, 0) is 17.8 Å². The molecule has 2 aromatic heterocycles. The van der Waals surface area contributed by atoms with E-state index in [2.05, 4.69) is 20.2 Å². The lowest BCUT2D eigenvalue weighted by atomic mass is 10.2. The average Bonchev–Trinajstić information content (AvgIpc) is 2.70. The molecule has 7 nitrogen and oxygen atoms in total. The van der Waals surface area contributed by atoms with Crippen LogP contribution in [0.2, 0.25) is 0 Å². The summed E-state index contributed by atoms with van der Waals surface area (Å²) < 4.78 is 1.41. The Balaban J connectivity index is 2.15. The van der Waals surface area contributed by atoms with E-state index in [9.17, 15) is 4.79 Å². The van der Waals surface area contributed by atoms with Crippen LogP contribution in [0.5, 0.6) is 0 Å². The standard InChI is InChI=1S/C11H10N6OS/c1-17-10(18)15-16-11(17)19-8-6-4-2-3-5-7(6)13-9(12)14-8/h2-5H,1H3,(H,15,18)(H2,12,13,14). The van der Waals surface area contributed by atoms with E-state index in [1.54, 1.807) is 7.05 Å². The number of nitrogens with two attached hydrogens (primary N) is 1. The number of fused-ring (bicyclic) bond motifs is 1. The van der Waals surface area contributed by atoms with Gasteiger partial charge in [-0.1, -0.05) is 18.2 Å². The van der Waals surface area contributed by atoms with E-state index in [0.29, 0.717) is 10.2 Å². The molecule has 0 aliphatic heterocycles. The average molecular weight is 274 g/mol. The van der Waals surface area contributed by atoms with Gasteiger partial charge >= 0.3 is 5.69 Å². The molecule has 0 spiro atoms. The molecule has 0 aliphatic carbocycles. The van der Waals surface area contributed by atoms with Gasteiger partial charge in [-0.3, -0.25) is 4.57 Å². The van der Waals surface area contributed by atoms with Crippen molar-refractivity contribution in [2.45, 2.75) is 10.2 Å². The first kappa shape index (κ1) is 11.7. The molecule has 96 valence electrons. The molecule has 19 heavy (non-hydrogen) atoms. The Morgan fingerprint density at radius 1 is 1.32 bits per heavy atom. The number of hydrogen-bond donors (Lipinski definition) is 2. The van der Waals surface area contributed by atoms with Crippen LogP contribution in [0.4, 0.5) is 5.95 Å². The van der Waals surface area contributed by atoms with E-state index >= 15 is 0 Å². The molecule has 0 amide bonds. The highest BCUT2D eigenvalue weighted by atomic mass is 32.2. The molecule has 2 heterocycles. The first-order valence-electron chi connectivity index (χ1n) is 5.46. The maximum Gasteiger partial charge on any atom is 0.343 e. The number of para-hydroxylation sites is 1. The molecule has 0 saturated carbocycles. The third-order valence-electron chi connectivity index (χ3n) is 2.61. The monoisotopic (exact) mass is 274 g/mol. The first-order chi connectivity index (χ1) is 9.15. The van der Waals surface area contributed by atoms with Gasteiger partial charge in [0.15, 0.2) is 5.16 Å². The lowest BCUT2D eigenvalue weighted by Crippen LogP contribution is -2.12. The van der Waals surface area contributed by atoms with Crippen LogP contribution in [-0.2, 0) is 7.05 Å². The second kappa shape index (κ2) is 4.39. The minimum atomic E-state index is -0.270. The van der Waals surface area contributed by atoms with Gasteiger partial charge in [0.2, 0.25) is 5.95 Å². The summed E-state index contributed by atoms with van der Waals surface area (Å²) in [6.07, 6.45) is 0. The van der Waals surface area contributed by atoms with Crippen molar-refractivity contribution in [2.24, 2.45) is 7.05 Å². The van der Waals surface area contributed by atoms with Gasteiger partial charge in [-0.25, -0.2) is 19.9 Å². The smallest absolute Gasteiger partial charge is 0.343 e. The summed E-state index contributed by atoms with van der Waals surface area (Å²) in [5, 5.41) is 8.38. The normalized spacial score (nSPS) is 11.0. The van der Waals surface area contributed by atoms with Gasteiger partial charge in [0.25, 0.3) is 0 Å². The molecule has 3 aromatic rings. The van der Waals surface area contributed by atoms with E-state index in [-0.39, 0.29) is 11.6 Å². The van der Waals surface area contributed by atoms with Gasteiger partial charge in [-0.2, -0.15) is 0 Å². The topological polar surface area (TPSA) is 102 Å². The van der Waals surface area contributed by atoms with E-state index in [4.69, 9.17) is 5.73 Å². The van der Waals surface area contributed by atoms with Crippen LogP contribution in [-0.4, -0.2) is 24.7 Å². The van der Waals surface area contributed by atoms with Crippen molar-refractivity contribution in [3.05, 3.63) is 34.7 Å². The molecule has 0 bridgehead atoms. The van der Waals surface area contributed by atoms with E-state index in [0.717, 1.165) is 10.9 Å². The van der Waals surface area contributed by atoms with E-state index in [1.807, 2.05) is 24.3 Å². The van der Waals surface area contributed by atoms with Crippen LogP contribution < -0.4 is 11.4 Å². The number of H-pyrrole nitrogens is 1. The van der Waals surface area contributed by atoms with E-state index < -0.39 is 0 Å². The molecule has 3 N–H and O–H groups in total. The third-order valence-corrected chi connectivity index (χ3v) is 3.66. The van der Waals surface area contributed by atoms with Crippen LogP contribution in [0.15, 0.2) is 39.2 Å². The summed E-state index contributed by atoms with van der Waals surface area (Å²) in [5.74, 6) is 0.196. The summed E-state index contributed by atoms with van der Waals surface area (Å²) in [6.45, 7) is 0. The maximum atomic E-state index is 11.3. The second-order valence-corrected chi connectivity index (χ2v) is 4.83. The Morgan fingerprint density at radius 3 is 2.84 bits per heavy atom. The van der Waals surface area contributed by atoms with Crippen molar-refractivity contribution in [1.82, 2.24) is 24.7 Å². The third kappa shape index (κ3) is 2.06. The highest BCUT2D eigenvalue weighted by molar-refractivity contribution is 7.99. The van der Waals surface area contributed by atoms with Gasteiger partial charge in [0.1, 0.15) is 5.03 Å². The zero-order valence-electron chi connectivity index (χ0n) is 9.99. The highest BCUT2D eigenvalue weighted by Crippen LogP contribution is 2.29. The SMILES string of the molecule is Cn1c(Sc2nc(N)nc3ccccc23)n[nH]c1=O. The molecular formula is C11H10N6OS. The van der Waals surface area contributed by atoms with Gasteiger partial charge in [0, 0.05) is 12.4 Å². The van der Waals surface area contributed by atoms with Crippen molar-refractivity contribution in [3.8, 4) is 0 Å². The van der Waals surface area contributed by atoms with Gasteiger partial charge in [0.05, 0.1) is 5.52 Å². The predicted octanol–water partition coefficient (Wildman–Crippen LogP) is 0.785. The van der Waals surface area contributed by atoms with Gasteiger partial charge < -0.3 is 5.73 Å². The second-order valence-electron chi connectivity index (χ2n) is 3.88. The number of aromatic amines is 1. The van der Waals surface area contributed by atoms with E-state index in [1.165, 1.54) is 16.3 Å². The molecule has 0 atom stereocenters. The summed E-state index contributed by atoms with van der Waals surface area (Å²) >= 11 is 1.27. The molecule has 0 fully saturated rings. The van der Waals surface area contributed by atoms with Crippen molar-refractivity contribution < 1.29 is 0 Å². The molecular weight excluding hydrogens is 264 g/mol. The fraction of sp³-hybridized carbons (Fsp3) is 0.0909. The zero-order valence-corrected chi connectivity index (χ0v) is 10.8. The number of hydrogen-bond acceptors (Lipinski definition) is 6. The minimum absolute atomic E-state index is 0.196. The number of nitrogen functional groups attached to an aromatic ring is 1. The Kier molecular flexibility index (Phi) is 2.71. The maximum absolute atomic E-state index is 11.3. The Hall–Kier alpha value is -2.35. The lowest BCUT2D eigenvalue weighted by molar-refractivity contribution is 0.765. The summed E-state index contributed by atoms with van der Waals surface area (Å²) in [6, 6.07) is 7.55. The van der Waals surface area contributed by atoms with Crippen molar-refractivity contribution >= 4 is 28.6 Å². The molecule has 0 aliphatic rings. The van der Waals surface area contributed by atoms with Crippen LogP contribution in [0.25, 0.3) is 10.9 Å². The highest BCUT2D eigenvalue weighted by Gasteiger charge is 2.11. The minimum Gasteiger partial charge on any atom is -0.368 e. The largest absolute Gasteiger partial charge is 0.368 e. The van der Waals surface area contributed by atoms with Crippen LogP contribution in [0, 0.1) is 0 Å². The summed E-state index contributed by atoms with van der Waals surface area (Å²) in [7, 11) is 1.64. The predicted molar refractivity (Wildman–Crippen MR) is 71.9 cm³/mol. The van der Waals surface area contributed by atoms with Gasteiger partial charge in [-0.15, -0.1) is 5.10 Å². The van der Waals surface area contributed by atoms with Crippen LogP contribution in [0.3, 0.4) is 0 Å². The molecule has 8 heteroatoms. The number of benzene rings is 1. The lowest BCUT2D eigenvalue weighted by Gasteiger charge is -2.05. The fourth-order valence-electron chi connectivity index (χ4n) is 1.65. The Bertz CT molecular complexity index is 808. The van der Waals surface area contributed by atoms with Crippen LogP contribution in [0.1, 0.15) is 0 Å². The molecule has 0 radical (unpaired) electrons. The fourth-order valence-corrected chi connectivity index (χ4v) is 2.56. The van der Waals surface area contributed by atoms with Crippen molar-refractivity contribution in [3.63, 3.8) is 0 Å². The van der Waals surface area contributed by atoms with Crippen molar-refractivity contribution in [2.75, 3.05) is 5.73 Å². The number of nitrogens with zero attached hydrogens (tertiary/aromatic N) is 4. The number of aromatic nitrogens is 5. The summed E-state index contributed by atoms with van der Waals surface area (Å²) in [4.78, 5) is 19.7. The Morgan fingerprint density at radius 2 is 2.11 bits per heavy atom. The number of anilines is 1. The van der Waals surface area contributed by atoms with Crippen molar-refractivity contribution in [1.29, 1.82) is 0 Å². The summed E-state index contributed by atoms with van der Waals surface area (Å²) in [5.41, 5.74) is 6.18. The number of rotatable bonds is 2. The molecule has 1 aromatic carbocycles. The first-order valence-corrected chi connectivity index (χ1v) is 6.28. The molecule has 0 unspecified atom stereocenters. The number of nitrogens with one attached hydrogen (secondary N) is 1. The van der Waals surface area contributed by atoms with Crippen LogP contribution >= 0.6 is 11.8 Å². The quantitative estimate of drug-likeness (QED) is 0.670.